The molecule has 1 N–H and O–H groups in total. The highest BCUT2D eigenvalue weighted by Gasteiger charge is 2.40. The van der Waals surface area contributed by atoms with Crippen LogP contribution in [0.1, 0.15) is 5.56 Å². The maximum Gasteiger partial charge on any atom is 0.416 e. The molecule has 1 aromatic rings. The van der Waals surface area contributed by atoms with E-state index in [4.69, 9.17) is 0 Å². The van der Waals surface area contributed by atoms with Gasteiger partial charge in [0.15, 0.2) is 6.23 Å². The van der Waals surface area contributed by atoms with Crippen molar-refractivity contribution in [1.29, 1.82) is 0 Å². The van der Waals surface area contributed by atoms with Gasteiger partial charge in [-0.1, -0.05) is 0 Å². The van der Waals surface area contributed by atoms with Crippen molar-refractivity contribution in [2.24, 2.45) is 0 Å². The first-order chi connectivity index (χ1) is 8.84. The van der Waals surface area contributed by atoms with Gasteiger partial charge in [0.05, 0.1) is 19.2 Å². The van der Waals surface area contributed by atoms with Gasteiger partial charge < -0.3 is 5.11 Å². The van der Waals surface area contributed by atoms with Crippen LogP contribution in [0.4, 0.5) is 23.8 Å². The van der Waals surface area contributed by atoms with Crippen LogP contribution in [0, 0.1) is 0 Å². The molecular weight excluding hydrogens is 267 g/mol. The third-order valence-corrected chi connectivity index (χ3v) is 2.59. The van der Waals surface area contributed by atoms with Crippen LogP contribution in [0.2, 0.25) is 0 Å². The van der Waals surface area contributed by atoms with Gasteiger partial charge in [-0.15, -0.1) is 0 Å². The number of hydroxylamine groups is 2. The molecule has 1 saturated heterocycles. The lowest BCUT2D eigenvalue weighted by Crippen LogP contribution is -2.35. The monoisotopic (exact) mass is 277 g/mol. The second-order valence-electron chi connectivity index (χ2n) is 3.78. The Kier molecular flexibility index (Phi) is 3.33. The van der Waals surface area contributed by atoms with Gasteiger partial charge >= 0.3 is 12.2 Å². The molecule has 0 radical (unpaired) electrons. The zero-order valence-corrected chi connectivity index (χ0v) is 9.76. The lowest BCUT2D eigenvalue weighted by molar-refractivity contribution is -0.137. The van der Waals surface area contributed by atoms with E-state index in [0.717, 1.165) is 22.2 Å². The molecule has 1 aliphatic heterocycles. The van der Waals surface area contributed by atoms with Crippen LogP contribution in [0.3, 0.4) is 0 Å². The quantitative estimate of drug-likeness (QED) is 0.882. The molecule has 1 atom stereocenters. The summed E-state index contributed by atoms with van der Waals surface area (Å²) in [5.74, 6) is -0.285. The zero-order valence-electron chi connectivity index (χ0n) is 9.76. The number of β-amino-alcohol motifs (C(OH)–C–C–N with tert-alkyl or cyclic N) is 1. The van der Waals surface area contributed by atoms with Gasteiger partial charge in [0.2, 0.25) is 0 Å². The molecule has 0 spiro atoms. The van der Waals surface area contributed by atoms with Gasteiger partial charge in [-0.25, -0.2) is 14.7 Å². The topological polar surface area (TPSA) is 65.9 Å². The molecule has 0 bridgehead atoms. The average molecular weight is 277 g/mol. The molecule has 1 unspecified atom stereocenters. The van der Waals surface area contributed by atoms with Crippen molar-refractivity contribution < 1.29 is 27.9 Å². The van der Waals surface area contributed by atoms with E-state index in [9.17, 15) is 23.1 Å². The van der Waals surface area contributed by atoms with Crippen LogP contribution in [0.5, 0.6) is 0 Å². The van der Waals surface area contributed by atoms with E-state index in [2.05, 4.69) is 9.82 Å². The van der Waals surface area contributed by atoms with E-state index >= 15 is 0 Å². The summed E-state index contributed by atoms with van der Waals surface area (Å²) in [7, 11) is 1.22. The van der Waals surface area contributed by atoms with Crippen LogP contribution < -0.4 is 4.90 Å². The van der Waals surface area contributed by atoms with E-state index in [0.29, 0.717) is 6.07 Å². The summed E-state index contributed by atoms with van der Waals surface area (Å²) in [6.07, 6.45) is -4.94. The summed E-state index contributed by atoms with van der Waals surface area (Å²) in [5, 5.41) is 10.5. The van der Waals surface area contributed by atoms with Crippen molar-refractivity contribution in [2.75, 3.05) is 18.6 Å². The third kappa shape index (κ3) is 2.47. The fourth-order valence-electron chi connectivity index (χ4n) is 1.69. The Morgan fingerprint density at radius 3 is 2.74 bits per heavy atom. The molecule has 0 aliphatic carbocycles. The van der Waals surface area contributed by atoms with Gasteiger partial charge in [-0.05, 0) is 12.1 Å². The second kappa shape index (κ2) is 4.67. The molecule has 1 aromatic heterocycles. The van der Waals surface area contributed by atoms with Gasteiger partial charge in [0, 0.05) is 6.20 Å². The fourth-order valence-corrected chi connectivity index (χ4v) is 1.69. The summed E-state index contributed by atoms with van der Waals surface area (Å²) < 4.78 is 37.7. The summed E-state index contributed by atoms with van der Waals surface area (Å²) in [4.78, 5) is 20.8. The zero-order chi connectivity index (χ0) is 14.2. The van der Waals surface area contributed by atoms with Crippen molar-refractivity contribution in [3.05, 3.63) is 23.9 Å². The van der Waals surface area contributed by atoms with Gasteiger partial charge in [0.25, 0.3) is 0 Å². The van der Waals surface area contributed by atoms with Crippen molar-refractivity contribution in [3.8, 4) is 0 Å². The summed E-state index contributed by atoms with van der Waals surface area (Å²) in [5.41, 5.74) is -0.951. The van der Waals surface area contributed by atoms with Crippen LogP contribution >= 0.6 is 0 Å². The van der Waals surface area contributed by atoms with Crippen LogP contribution in [-0.4, -0.2) is 41.1 Å². The predicted molar refractivity (Wildman–Crippen MR) is 56.8 cm³/mol. The highest BCUT2D eigenvalue weighted by molar-refractivity contribution is 5.93. The Morgan fingerprint density at radius 1 is 1.53 bits per heavy atom. The Hall–Kier alpha value is -1.87. The number of anilines is 1. The number of pyridine rings is 1. The molecule has 19 heavy (non-hydrogen) atoms. The lowest BCUT2D eigenvalue weighted by Gasteiger charge is -2.19. The van der Waals surface area contributed by atoms with E-state index in [1.165, 1.54) is 7.11 Å². The Labute approximate surface area is 106 Å². The SMILES string of the molecule is CON1CC(O)N(c2cc(C(F)(F)F)ccn2)C1=O. The molecule has 104 valence electrons. The smallest absolute Gasteiger partial charge is 0.371 e. The minimum Gasteiger partial charge on any atom is -0.371 e. The van der Waals surface area contributed by atoms with Crippen LogP contribution in [0.15, 0.2) is 18.3 Å². The standard InChI is InChI=1S/C10H10F3N3O3/c1-19-15-5-8(17)16(9(15)18)7-4-6(2-3-14-7)10(11,12)13/h2-4,8,17H,5H2,1H3. The number of halogens is 3. The molecular formula is C10H10F3N3O3. The van der Waals surface area contributed by atoms with E-state index in [1.54, 1.807) is 0 Å². The van der Waals surface area contributed by atoms with Crippen LogP contribution in [-0.2, 0) is 11.0 Å². The van der Waals surface area contributed by atoms with Gasteiger partial charge in [-0.3, -0.25) is 4.84 Å². The summed E-state index contributed by atoms with van der Waals surface area (Å²) >= 11 is 0. The third-order valence-electron chi connectivity index (χ3n) is 2.59. The number of amides is 2. The van der Waals surface area contributed by atoms with Crippen molar-refractivity contribution in [3.63, 3.8) is 0 Å². The Bertz CT molecular complexity index is 494. The fraction of sp³-hybridized carbons (Fsp3) is 0.400. The maximum atomic E-state index is 12.6. The summed E-state index contributed by atoms with van der Waals surface area (Å²) in [6, 6.07) is 0.701. The van der Waals surface area contributed by atoms with Crippen molar-refractivity contribution in [1.82, 2.24) is 10.0 Å². The number of aliphatic hydroxyl groups is 1. The molecule has 2 rings (SSSR count). The first-order valence-corrected chi connectivity index (χ1v) is 5.20. The molecule has 1 aliphatic rings. The van der Waals surface area contributed by atoms with E-state index in [-0.39, 0.29) is 12.4 Å². The molecule has 6 nitrogen and oxygen atoms in total. The van der Waals surface area contributed by atoms with E-state index in [1.807, 2.05) is 0 Å². The second-order valence-corrected chi connectivity index (χ2v) is 3.78. The molecule has 2 heterocycles. The highest BCUT2D eigenvalue weighted by Crippen LogP contribution is 2.32. The molecule has 9 heteroatoms. The Morgan fingerprint density at radius 2 is 2.21 bits per heavy atom. The van der Waals surface area contributed by atoms with Crippen molar-refractivity contribution >= 4 is 11.8 Å². The number of carbonyl (C=O) groups is 1. The highest BCUT2D eigenvalue weighted by atomic mass is 19.4. The number of carbonyl (C=O) groups excluding carboxylic acids is 1. The molecule has 1 fully saturated rings. The first kappa shape index (κ1) is 13.6. The number of hydrogen-bond acceptors (Lipinski definition) is 4. The first-order valence-electron chi connectivity index (χ1n) is 5.20. The lowest BCUT2D eigenvalue weighted by atomic mass is 10.2. The largest absolute Gasteiger partial charge is 0.416 e. The van der Waals surface area contributed by atoms with Crippen LogP contribution in [0.25, 0.3) is 0 Å². The van der Waals surface area contributed by atoms with E-state index < -0.39 is 24.0 Å². The number of hydrogen-bond donors (Lipinski definition) is 1. The number of aliphatic hydroxyl groups excluding tert-OH is 1. The number of nitrogens with zero attached hydrogens (tertiary/aromatic N) is 3. The molecule has 0 aromatic carbocycles. The molecule has 2 amide bonds. The average Bonchev–Trinajstić information content (AvgIpc) is 2.63. The number of alkyl halides is 3. The predicted octanol–water partition coefficient (Wildman–Crippen LogP) is 1.22. The number of rotatable bonds is 2. The summed E-state index contributed by atoms with van der Waals surface area (Å²) in [6.45, 7) is -0.173. The Balaban J connectivity index is 2.35. The number of urea groups is 1. The molecule has 0 saturated carbocycles. The van der Waals surface area contributed by atoms with Gasteiger partial charge in [0.1, 0.15) is 5.82 Å². The minimum absolute atomic E-state index is 0.173. The number of aromatic nitrogens is 1. The van der Waals surface area contributed by atoms with Gasteiger partial charge in [-0.2, -0.15) is 18.2 Å². The maximum absolute atomic E-state index is 12.6. The van der Waals surface area contributed by atoms with Crippen molar-refractivity contribution in [2.45, 2.75) is 12.4 Å². The minimum atomic E-state index is -4.55. The normalized spacial score (nSPS) is 20.3.